The predicted octanol–water partition coefficient (Wildman–Crippen LogP) is 4.24. The first kappa shape index (κ1) is 18.1. The van der Waals surface area contributed by atoms with Crippen LogP contribution in [0.15, 0.2) is 48.5 Å². The fraction of sp³-hybridized carbons (Fsp3) is 0.391. The first-order valence-corrected chi connectivity index (χ1v) is 9.91. The van der Waals surface area contributed by atoms with Crippen molar-refractivity contribution in [1.29, 1.82) is 0 Å². The fourth-order valence-electron chi connectivity index (χ4n) is 4.17. The lowest BCUT2D eigenvalue weighted by atomic mass is 9.89. The minimum atomic E-state index is 0.665. The summed E-state index contributed by atoms with van der Waals surface area (Å²) >= 11 is 0. The van der Waals surface area contributed by atoms with Crippen LogP contribution in [0, 0.1) is 0 Å². The molecule has 2 aromatic carbocycles. The third kappa shape index (κ3) is 3.87. The van der Waals surface area contributed by atoms with Crippen LogP contribution in [0.25, 0.3) is 22.2 Å². The highest BCUT2D eigenvalue weighted by atomic mass is 16.5. The normalized spacial score (nSPS) is 16.1. The number of hydrogen-bond donors (Lipinski definition) is 2. The van der Waals surface area contributed by atoms with E-state index in [0.717, 1.165) is 30.1 Å². The summed E-state index contributed by atoms with van der Waals surface area (Å²) in [7, 11) is 3.75. The summed E-state index contributed by atoms with van der Waals surface area (Å²) < 4.78 is 5.52. The molecule has 0 saturated carbocycles. The Morgan fingerprint density at radius 2 is 1.93 bits per heavy atom. The fourth-order valence-corrected chi connectivity index (χ4v) is 4.17. The number of hydrogen-bond acceptors (Lipinski definition) is 3. The molecule has 1 fully saturated rings. The summed E-state index contributed by atoms with van der Waals surface area (Å²) in [5.74, 6) is 1.57. The molecule has 1 aliphatic heterocycles. The highest BCUT2D eigenvalue weighted by Crippen LogP contribution is 2.34. The highest BCUT2D eigenvalue weighted by Gasteiger charge is 2.20. The van der Waals surface area contributed by atoms with Gasteiger partial charge in [0.25, 0.3) is 0 Å². The van der Waals surface area contributed by atoms with Gasteiger partial charge < -0.3 is 19.9 Å². The van der Waals surface area contributed by atoms with E-state index in [1.54, 1.807) is 7.11 Å². The molecule has 1 aliphatic rings. The highest BCUT2D eigenvalue weighted by molar-refractivity contribution is 5.87. The third-order valence-corrected chi connectivity index (χ3v) is 5.78. The number of likely N-dealkylation sites (N-methyl/N-ethyl adjacent to an activating group) is 1. The van der Waals surface area contributed by atoms with Crippen LogP contribution < -0.4 is 10.1 Å². The largest absolute Gasteiger partial charge is 0.496 e. The molecular formula is C23H29N3O. The molecule has 0 bridgehead atoms. The molecule has 0 radical (unpaired) electrons. The Hall–Kier alpha value is -2.30. The number of methoxy groups -OCH3 is 1. The quantitative estimate of drug-likeness (QED) is 0.688. The van der Waals surface area contributed by atoms with Crippen LogP contribution in [0.5, 0.6) is 5.75 Å². The van der Waals surface area contributed by atoms with Crippen molar-refractivity contribution in [2.75, 3.05) is 40.3 Å². The van der Waals surface area contributed by atoms with Gasteiger partial charge in [0.1, 0.15) is 5.75 Å². The standard InChI is InChI=1S/C23H29N3O/c1-24-11-14-26-12-9-17(10-13-26)18-7-8-19-16-22(25-21(19)15-18)20-5-3-4-6-23(20)27-2/h3-8,15-17,24-25H,9-14H2,1-2H3. The van der Waals surface area contributed by atoms with Gasteiger partial charge in [0.15, 0.2) is 0 Å². The Labute approximate surface area is 161 Å². The maximum absolute atomic E-state index is 5.52. The molecule has 0 atom stereocenters. The van der Waals surface area contributed by atoms with Crippen molar-refractivity contribution < 1.29 is 4.74 Å². The second-order valence-electron chi connectivity index (χ2n) is 7.45. The van der Waals surface area contributed by atoms with Crippen molar-refractivity contribution in [3.8, 4) is 17.0 Å². The molecule has 1 aromatic heterocycles. The lowest BCUT2D eigenvalue weighted by Gasteiger charge is -2.32. The maximum Gasteiger partial charge on any atom is 0.128 e. The molecule has 4 nitrogen and oxygen atoms in total. The minimum Gasteiger partial charge on any atom is -0.496 e. The summed E-state index contributed by atoms with van der Waals surface area (Å²) in [6.45, 7) is 4.62. The van der Waals surface area contributed by atoms with E-state index in [1.165, 1.54) is 42.4 Å². The number of nitrogens with zero attached hydrogens (tertiary/aromatic N) is 1. The number of H-pyrrole nitrogens is 1. The summed E-state index contributed by atoms with van der Waals surface area (Å²) in [4.78, 5) is 6.17. The Morgan fingerprint density at radius 3 is 2.70 bits per heavy atom. The zero-order chi connectivity index (χ0) is 18.6. The Balaban J connectivity index is 1.53. The van der Waals surface area contributed by atoms with Crippen LogP contribution in [0.3, 0.4) is 0 Å². The van der Waals surface area contributed by atoms with Gasteiger partial charge in [-0.1, -0.05) is 24.3 Å². The minimum absolute atomic E-state index is 0.665. The number of piperidine rings is 1. The first-order chi connectivity index (χ1) is 13.3. The first-order valence-electron chi connectivity index (χ1n) is 9.91. The lowest BCUT2D eigenvalue weighted by molar-refractivity contribution is 0.214. The maximum atomic E-state index is 5.52. The van der Waals surface area contributed by atoms with E-state index in [-0.39, 0.29) is 0 Å². The Kier molecular flexibility index (Phi) is 5.46. The average Bonchev–Trinajstić information content (AvgIpc) is 3.15. The molecule has 142 valence electrons. The van der Waals surface area contributed by atoms with E-state index in [2.05, 4.69) is 51.6 Å². The Bertz CT molecular complexity index is 894. The number of aromatic amines is 1. The van der Waals surface area contributed by atoms with E-state index < -0.39 is 0 Å². The van der Waals surface area contributed by atoms with Gasteiger partial charge in [-0.2, -0.15) is 0 Å². The van der Waals surface area contributed by atoms with E-state index in [1.807, 2.05) is 19.2 Å². The van der Waals surface area contributed by atoms with Gasteiger partial charge in [0, 0.05) is 29.6 Å². The van der Waals surface area contributed by atoms with Gasteiger partial charge in [0.05, 0.1) is 12.8 Å². The van der Waals surface area contributed by atoms with Crippen LogP contribution in [-0.2, 0) is 0 Å². The number of rotatable bonds is 6. The number of fused-ring (bicyclic) bond motifs is 1. The van der Waals surface area contributed by atoms with Gasteiger partial charge >= 0.3 is 0 Å². The summed E-state index contributed by atoms with van der Waals surface area (Å²) in [6.07, 6.45) is 2.49. The summed E-state index contributed by atoms with van der Waals surface area (Å²) in [6, 6.07) is 17.3. The molecule has 2 heterocycles. The zero-order valence-electron chi connectivity index (χ0n) is 16.3. The van der Waals surface area contributed by atoms with Crippen LogP contribution in [-0.4, -0.2) is 50.2 Å². The van der Waals surface area contributed by atoms with E-state index in [0.29, 0.717) is 5.92 Å². The Morgan fingerprint density at radius 1 is 1.11 bits per heavy atom. The monoisotopic (exact) mass is 363 g/mol. The van der Waals surface area contributed by atoms with Gasteiger partial charge in [-0.3, -0.25) is 0 Å². The van der Waals surface area contributed by atoms with Gasteiger partial charge in [-0.25, -0.2) is 0 Å². The number of ether oxygens (including phenoxy) is 1. The molecule has 4 heteroatoms. The molecule has 0 spiro atoms. The predicted molar refractivity (Wildman–Crippen MR) is 113 cm³/mol. The second-order valence-corrected chi connectivity index (χ2v) is 7.45. The van der Waals surface area contributed by atoms with E-state index in [4.69, 9.17) is 4.74 Å². The van der Waals surface area contributed by atoms with Gasteiger partial charge in [-0.05, 0) is 68.7 Å². The van der Waals surface area contributed by atoms with Crippen LogP contribution in [0.2, 0.25) is 0 Å². The lowest BCUT2D eigenvalue weighted by Crippen LogP contribution is -2.37. The smallest absolute Gasteiger partial charge is 0.128 e. The zero-order valence-corrected chi connectivity index (χ0v) is 16.3. The summed E-state index contributed by atoms with van der Waals surface area (Å²) in [5, 5.41) is 4.50. The van der Waals surface area contributed by atoms with Crippen molar-refractivity contribution in [2.24, 2.45) is 0 Å². The molecule has 27 heavy (non-hydrogen) atoms. The molecule has 4 rings (SSSR count). The van der Waals surface area contributed by atoms with Crippen molar-refractivity contribution in [1.82, 2.24) is 15.2 Å². The molecular weight excluding hydrogens is 334 g/mol. The molecule has 1 saturated heterocycles. The van der Waals surface area contributed by atoms with Crippen LogP contribution >= 0.6 is 0 Å². The van der Waals surface area contributed by atoms with Gasteiger partial charge in [-0.15, -0.1) is 0 Å². The van der Waals surface area contributed by atoms with Crippen molar-refractivity contribution in [3.63, 3.8) is 0 Å². The molecule has 0 unspecified atom stereocenters. The average molecular weight is 364 g/mol. The topological polar surface area (TPSA) is 40.3 Å². The van der Waals surface area contributed by atoms with Gasteiger partial charge in [0.2, 0.25) is 0 Å². The molecule has 0 amide bonds. The number of benzene rings is 2. The molecule has 3 aromatic rings. The van der Waals surface area contributed by atoms with Crippen molar-refractivity contribution >= 4 is 10.9 Å². The van der Waals surface area contributed by atoms with Crippen molar-refractivity contribution in [2.45, 2.75) is 18.8 Å². The number of nitrogens with one attached hydrogen (secondary N) is 2. The molecule has 0 aliphatic carbocycles. The van der Waals surface area contributed by atoms with Crippen molar-refractivity contribution in [3.05, 3.63) is 54.1 Å². The third-order valence-electron chi connectivity index (χ3n) is 5.78. The van der Waals surface area contributed by atoms with E-state index in [9.17, 15) is 0 Å². The molecule has 2 N–H and O–H groups in total. The van der Waals surface area contributed by atoms with E-state index >= 15 is 0 Å². The number of aromatic nitrogens is 1. The SMILES string of the molecule is CNCCN1CCC(c2ccc3cc(-c4ccccc4OC)[nH]c3c2)CC1. The van der Waals surface area contributed by atoms with Crippen LogP contribution in [0.4, 0.5) is 0 Å². The summed E-state index contributed by atoms with van der Waals surface area (Å²) in [5.41, 5.74) is 4.90. The number of likely N-dealkylation sites (tertiary alicyclic amines) is 1. The van der Waals surface area contributed by atoms with Crippen LogP contribution in [0.1, 0.15) is 24.3 Å². The number of para-hydroxylation sites is 1. The second kappa shape index (κ2) is 8.15.